The lowest BCUT2D eigenvalue weighted by molar-refractivity contribution is -0.0204. The molecule has 0 unspecified atom stereocenters. The maximum atomic E-state index is 5.78. The molecule has 0 spiro atoms. The molecule has 0 saturated heterocycles. The molecule has 0 atom stereocenters. The first-order chi connectivity index (χ1) is 9.47. The number of fused-ring (bicyclic) bond motifs is 1. The zero-order chi connectivity index (χ0) is 14.8. The van der Waals surface area contributed by atoms with Gasteiger partial charge in [-0.25, -0.2) is 9.97 Å². The lowest BCUT2D eigenvalue weighted by atomic mass is 10.1. The van der Waals surface area contributed by atoms with Gasteiger partial charge >= 0.3 is 0 Å². The molecule has 0 aliphatic heterocycles. The van der Waals surface area contributed by atoms with E-state index in [1.165, 1.54) is 4.88 Å². The van der Waals surface area contributed by atoms with Crippen LogP contribution in [0.2, 0.25) is 0 Å². The average molecular weight is 293 g/mol. The summed E-state index contributed by atoms with van der Waals surface area (Å²) in [5.41, 5.74) is -0.469. The summed E-state index contributed by atoms with van der Waals surface area (Å²) in [6.45, 7) is 11.8. The highest BCUT2D eigenvalue weighted by Gasteiger charge is 2.26. The summed E-state index contributed by atoms with van der Waals surface area (Å²) in [5, 5.41) is 4.51. The Kier molecular flexibility index (Phi) is 4.60. The van der Waals surface area contributed by atoms with Crippen LogP contribution in [0.4, 0.5) is 5.82 Å². The Labute approximate surface area is 124 Å². The number of hydrogen-bond donors (Lipinski definition) is 1. The van der Waals surface area contributed by atoms with Crippen LogP contribution >= 0.6 is 11.3 Å². The Morgan fingerprint density at radius 2 is 2.05 bits per heavy atom. The second-order valence-corrected chi connectivity index (χ2v) is 6.58. The van der Waals surface area contributed by atoms with Gasteiger partial charge in [-0.3, -0.25) is 0 Å². The summed E-state index contributed by atoms with van der Waals surface area (Å²) in [4.78, 5) is 11.7. The van der Waals surface area contributed by atoms with Crippen LogP contribution in [0, 0.1) is 6.92 Å². The number of nitrogens with one attached hydrogen (secondary N) is 1. The minimum Gasteiger partial charge on any atom is -0.369 e. The molecule has 0 amide bonds. The summed E-state index contributed by atoms with van der Waals surface area (Å²) < 4.78 is 5.78. The zero-order valence-electron chi connectivity index (χ0n) is 12.9. The Balaban J connectivity index is 2.51. The molecule has 2 rings (SSSR count). The predicted molar refractivity (Wildman–Crippen MR) is 85.6 cm³/mol. The molecular weight excluding hydrogens is 270 g/mol. The first-order valence-corrected chi connectivity index (χ1v) is 7.96. The van der Waals surface area contributed by atoms with Crippen LogP contribution in [-0.2, 0) is 10.3 Å². The quantitative estimate of drug-likeness (QED) is 0.871. The van der Waals surface area contributed by atoms with E-state index in [9.17, 15) is 0 Å². The van der Waals surface area contributed by atoms with Crippen LogP contribution in [0.15, 0.2) is 6.07 Å². The standard InChI is InChI=1S/C15H23N3OS/c1-6-8-16-12-11-9-10(3)20-13(11)18-14(17-12)15(4,5)19-7-2/h9H,6-8H2,1-5H3,(H,16,17,18). The maximum Gasteiger partial charge on any atom is 0.163 e. The number of aromatic nitrogens is 2. The molecule has 2 aromatic heterocycles. The van der Waals surface area contributed by atoms with Crippen LogP contribution < -0.4 is 5.32 Å². The second kappa shape index (κ2) is 6.06. The van der Waals surface area contributed by atoms with Gasteiger partial charge in [0.15, 0.2) is 5.82 Å². The summed E-state index contributed by atoms with van der Waals surface area (Å²) in [7, 11) is 0. The number of rotatable bonds is 6. The van der Waals surface area contributed by atoms with Gasteiger partial charge in [0.25, 0.3) is 0 Å². The van der Waals surface area contributed by atoms with Gasteiger partial charge < -0.3 is 10.1 Å². The third-order valence-corrected chi connectivity index (χ3v) is 4.05. The van der Waals surface area contributed by atoms with E-state index in [0.29, 0.717) is 6.61 Å². The van der Waals surface area contributed by atoms with Crippen LogP contribution in [0.3, 0.4) is 0 Å². The maximum absolute atomic E-state index is 5.78. The second-order valence-electron chi connectivity index (χ2n) is 5.34. The minimum absolute atomic E-state index is 0.469. The topological polar surface area (TPSA) is 47.0 Å². The predicted octanol–water partition coefficient (Wildman–Crippen LogP) is 4.09. The first-order valence-electron chi connectivity index (χ1n) is 7.14. The van der Waals surface area contributed by atoms with E-state index < -0.39 is 5.60 Å². The molecule has 0 radical (unpaired) electrons. The Hall–Kier alpha value is -1.20. The highest BCUT2D eigenvalue weighted by atomic mass is 32.1. The van der Waals surface area contributed by atoms with E-state index in [1.807, 2.05) is 20.8 Å². The van der Waals surface area contributed by atoms with Gasteiger partial charge in [-0.05, 0) is 40.2 Å². The summed E-state index contributed by atoms with van der Waals surface area (Å²) >= 11 is 1.70. The van der Waals surface area contributed by atoms with E-state index in [0.717, 1.165) is 34.8 Å². The lowest BCUT2D eigenvalue weighted by Crippen LogP contribution is -2.25. The highest BCUT2D eigenvalue weighted by molar-refractivity contribution is 7.18. The third-order valence-electron chi connectivity index (χ3n) is 3.10. The molecule has 0 aromatic carbocycles. The van der Waals surface area contributed by atoms with Crippen LogP contribution in [0.5, 0.6) is 0 Å². The van der Waals surface area contributed by atoms with E-state index in [4.69, 9.17) is 14.7 Å². The van der Waals surface area contributed by atoms with Crippen molar-refractivity contribution in [3.8, 4) is 0 Å². The molecule has 0 bridgehead atoms. The Morgan fingerprint density at radius 1 is 1.30 bits per heavy atom. The van der Waals surface area contributed by atoms with Gasteiger partial charge in [-0.1, -0.05) is 6.92 Å². The van der Waals surface area contributed by atoms with Crippen LogP contribution in [0.1, 0.15) is 44.8 Å². The molecule has 1 N–H and O–H groups in total. The molecule has 0 aliphatic rings. The van der Waals surface area contributed by atoms with Crippen LogP contribution in [0.25, 0.3) is 10.2 Å². The molecule has 2 aromatic rings. The first kappa shape index (κ1) is 15.2. The van der Waals surface area contributed by atoms with Crippen molar-refractivity contribution in [1.82, 2.24) is 9.97 Å². The van der Waals surface area contributed by atoms with Gasteiger partial charge in [0.1, 0.15) is 16.2 Å². The van der Waals surface area contributed by atoms with E-state index in [2.05, 4.69) is 25.2 Å². The lowest BCUT2D eigenvalue weighted by Gasteiger charge is -2.23. The monoisotopic (exact) mass is 293 g/mol. The van der Waals surface area contributed by atoms with E-state index in [-0.39, 0.29) is 0 Å². The van der Waals surface area contributed by atoms with Crippen molar-refractivity contribution in [2.75, 3.05) is 18.5 Å². The zero-order valence-corrected chi connectivity index (χ0v) is 13.7. The fourth-order valence-electron chi connectivity index (χ4n) is 2.11. The van der Waals surface area contributed by atoms with Crippen molar-refractivity contribution in [1.29, 1.82) is 0 Å². The van der Waals surface area contributed by atoms with Gasteiger partial charge in [0, 0.05) is 18.0 Å². The van der Waals surface area contributed by atoms with Crippen molar-refractivity contribution in [2.45, 2.75) is 46.6 Å². The SMILES string of the molecule is CCCNc1nc(C(C)(C)OCC)nc2sc(C)cc12. The number of ether oxygens (including phenoxy) is 1. The fraction of sp³-hybridized carbons (Fsp3) is 0.600. The van der Waals surface area contributed by atoms with Gasteiger partial charge in [0.05, 0.1) is 5.39 Å². The number of anilines is 1. The van der Waals surface area contributed by atoms with Crippen molar-refractivity contribution in [3.05, 3.63) is 16.8 Å². The molecule has 110 valence electrons. The molecule has 0 saturated carbocycles. The van der Waals surface area contributed by atoms with E-state index >= 15 is 0 Å². The smallest absolute Gasteiger partial charge is 0.163 e. The van der Waals surface area contributed by atoms with Crippen LogP contribution in [-0.4, -0.2) is 23.1 Å². The van der Waals surface area contributed by atoms with E-state index in [1.54, 1.807) is 11.3 Å². The molecule has 0 fully saturated rings. The van der Waals surface area contributed by atoms with Gasteiger partial charge in [0.2, 0.25) is 0 Å². The molecule has 4 nitrogen and oxygen atoms in total. The minimum atomic E-state index is -0.469. The van der Waals surface area contributed by atoms with Crippen molar-refractivity contribution < 1.29 is 4.74 Å². The molecule has 20 heavy (non-hydrogen) atoms. The Bertz CT molecular complexity index is 592. The molecule has 2 heterocycles. The normalized spacial score (nSPS) is 12.1. The molecular formula is C15H23N3OS. The number of thiophene rings is 1. The van der Waals surface area contributed by atoms with Crippen molar-refractivity contribution in [2.24, 2.45) is 0 Å². The highest BCUT2D eigenvalue weighted by Crippen LogP contribution is 2.32. The van der Waals surface area contributed by atoms with Gasteiger partial charge in [-0.2, -0.15) is 0 Å². The van der Waals surface area contributed by atoms with Gasteiger partial charge in [-0.15, -0.1) is 11.3 Å². The molecule has 5 heteroatoms. The Morgan fingerprint density at radius 3 is 2.70 bits per heavy atom. The summed E-state index contributed by atoms with van der Waals surface area (Å²) in [5.74, 6) is 1.66. The largest absolute Gasteiger partial charge is 0.369 e. The van der Waals surface area contributed by atoms with Crippen molar-refractivity contribution in [3.63, 3.8) is 0 Å². The number of aryl methyl sites for hydroxylation is 1. The third kappa shape index (κ3) is 3.10. The fourth-order valence-corrected chi connectivity index (χ4v) is 2.99. The number of hydrogen-bond acceptors (Lipinski definition) is 5. The van der Waals surface area contributed by atoms with Crippen molar-refractivity contribution >= 4 is 27.4 Å². The molecule has 0 aliphatic carbocycles. The summed E-state index contributed by atoms with van der Waals surface area (Å²) in [6, 6.07) is 2.15. The number of nitrogens with zero attached hydrogens (tertiary/aromatic N) is 2. The average Bonchev–Trinajstić information content (AvgIpc) is 2.76. The summed E-state index contributed by atoms with van der Waals surface area (Å²) in [6.07, 6.45) is 1.07.